The average Bonchev–Trinajstić information content (AvgIpc) is 2.94. The van der Waals surface area contributed by atoms with Crippen LogP contribution in [0.15, 0.2) is 42.5 Å². The summed E-state index contributed by atoms with van der Waals surface area (Å²) in [5, 5.41) is 5.42. The second kappa shape index (κ2) is 15.5. The minimum absolute atomic E-state index is 0.0210. The lowest BCUT2D eigenvalue weighted by atomic mass is 9.82. The van der Waals surface area contributed by atoms with Crippen LogP contribution < -0.4 is 10.6 Å². The summed E-state index contributed by atoms with van der Waals surface area (Å²) in [5.74, 6) is -5.14. The number of esters is 2. The van der Waals surface area contributed by atoms with Crippen LogP contribution in [0.2, 0.25) is 0 Å². The third kappa shape index (κ3) is 10.0. The maximum atomic E-state index is 14.4. The summed E-state index contributed by atoms with van der Waals surface area (Å²) in [6.07, 6.45) is 1.18. The van der Waals surface area contributed by atoms with E-state index in [0.29, 0.717) is 30.5 Å². The zero-order valence-electron chi connectivity index (χ0n) is 25.0. The Morgan fingerprint density at radius 1 is 0.953 bits per heavy atom. The predicted octanol–water partition coefficient (Wildman–Crippen LogP) is 5.10. The molecule has 0 bridgehead atoms. The third-order valence-electron chi connectivity index (χ3n) is 7.08. The van der Waals surface area contributed by atoms with Gasteiger partial charge in [0.1, 0.15) is 23.3 Å². The van der Waals surface area contributed by atoms with Crippen LogP contribution in [0.25, 0.3) is 11.1 Å². The molecular weight excluding hydrogens is 562 g/mol. The lowest BCUT2D eigenvalue weighted by molar-refractivity contribution is -0.164. The molecule has 1 saturated heterocycles. The zero-order valence-corrected chi connectivity index (χ0v) is 25.0. The fourth-order valence-electron chi connectivity index (χ4n) is 4.97. The van der Waals surface area contributed by atoms with E-state index in [1.54, 1.807) is 45.0 Å². The van der Waals surface area contributed by atoms with E-state index in [0.717, 1.165) is 0 Å². The van der Waals surface area contributed by atoms with Crippen LogP contribution >= 0.6 is 0 Å². The van der Waals surface area contributed by atoms with Gasteiger partial charge in [-0.3, -0.25) is 9.59 Å². The number of amides is 2. The number of ether oxygens (including phenoxy) is 3. The fourth-order valence-corrected chi connectivity index (χ4v) is 4.97. The van der Waals surface area contributed by atoms with Crippen LogP contribution in [-0.2, 0) is 35.0 Å². The first-order valence-corrected chi connectivity index (χ1v) is 14.4. The molecule has 1 fully saturated rings. The van der Waals surface area contributed by atoms with Gasteiger partial charge in [-0.15, -0.1) is 0 Å². The first-order chi connectivity index (χ1) is 20.4. The number of alkyl carbamates (subject to hydrolysis) is 1. The molecule has 9 nitrogen and oxygen atoms in total. The van der Waals surface area contributed by atoms with Crippen LogP contribution in [0.1, 0.15) is 58.4 Å². The molecule has 0 aromatic heterocycles. The quantitative estimate of drug-likeness (QED) is 0.361. The Morgan fingerprint density at radius 3 is 2.26 bits per heavy atom. The van der Waals surface area contributed by atoms with E-state index < -0.39 is 59.1 Å². The number of hydrogen-bond acceptors (Lipinski definition) is 7. The van der Waals surface area contributed by atoms with E-state index in [1.165, 1.54) is 25.3 Å². The maximum absolute atomic E-state index is 14.4. The van der Waals surface area contributed by atoms with E-state index in [2.05, 4.69) is 10.6 Å². The molecule has 0 aliphatic carbocycles. The van der Waals surface area contributed by atoms with Gasteiger partial charge >= 0.3 is 18.0 Å². The predicted molar refractivity (Wildman–Crippen MR) is 155 cm³/mol. The average molecular weight is 603 g/mol. The Labute approximate surface area is 250 Å². The van der Waals surface area contributed by atoms with Crippen molar-refractivity contribution < 1.29 is 42.2 Å². The first kappa shape index (κ1) is 33.5. The highest BCUT2D eigenvalue weighted by Gasteiger charge is 2.38. The minimum atomic E-state index is -0.989. The molecule has 2 aromatic carbocycles. The largest absolute Gasteiger partial charge is 0.467 e. The van der Waals surface area contributed by atoms with Crippen molar-refractivity contribution in [2.75, 3.05) is 20.3 Å². The number of halogens is 2. The van der Waals surface area contributed by atoms with Gasteiger partial charge in [0.05, 0.1) is 31.1 Å². The molecule has 2 aromatic rings. The standard InChI is InChI=1S/C32H40F2N2O7/c1-32(2,3)43-29(38)22-9-8-18-42-31(40)35-17-6-5-12-26(30(39)41-4)36-28(37)23(22)19-20-13-15-21(16-14-20)27-24(33)10-7-11-25(27)34/h7,10-11,13-16,22-23,26H,5-6,8-9,12,17-19H2,1-4H3,(H,35,40)(H,36,37)/t22-,23+,26-/m0/s1. The van der Waals surface area contributed by atoms with Gasteiger partial charge in [-0.25, -0.2) is 18.4 Å². The summed E-state index contributed by atoms with van der Waals surface area (Å²) in [6, 6.07) is 9.03. The summed E-state index contributed by atoms with van der Waals surface area (Å²) in [5.41, 5.74) is -0.0728. The highest BCUT2D eigenvalue weighted by Crippen LogP contribution is 2.30. The molecule has 1 aliphatic heterocycles. The van der Waals surface area contributed by atoms with Crippen LogP contribution in [-0.4, -0.2) is 55.8 Å². The van der Waals surface area contributed by atoms with Crippen molar-refractivity contribution in [2.24, 2.45) is 11.8 Å². The van der Waals surface area contributed by atoms with Crippen molar-refractivity contribution in [1.29, 1.82) is 0 Å². The van der Waals surface area contributed by atoms with Crippen molar-refractivity contribution >= 4 is 23.9 Å². The highest BCUT2D eigenvalue weighted by atomic mass is 19.1. The van der Waals surface area contributed by atoms with Gasteiger partial charge in [-0.2, -0.15) is 0 Å². The van der Waals surface area contributed by atoms with Crippen LogP contribution in [0.5, 0.6) is 0 Å². The monoisotopic (exact) mass is 602 g/mol. The smallest absolute Gasteiger partial charge is 0.407 e. The Bertz CT molecular complexity index is 1260. The summed E-state index contributed by atoms with van der Waals surface area (Å²) < 4.78 is 44.6. The highest BCUT2D eigenvalue weighted by molar-refractivity contribution is 5.89. The summed E-state index contributed by atoms with van der Waals surface area (Å²) >= 11 is 0. The topological polar surface area (TPSA) is 120 Å². The normalized spacial score (nSPS) is 20.8. The number of benzene rings is 2. The van der Waals surface area contributed by atoms with Gasteiger partial charge in [0.25, 0.3) is 0 Å². The molecule has 11 heteroatoms. The number of methoxy groups -OCH3 is 1. The van der Waals surface area contributed by atoms with Gasteiger partial charge in [0.2, 0.25) is 5.91 Å². The van der Waals surface area contributed by atoms with Crippen molar-refractivity contribution in [3.8, 4) is 11.1 Å². The molecule has 1 heterocycles. The third-order valence-corrected chi connectivity index (χ3v) is 7.08. The first-order valence-electron chi connectivity index (χ1n) is 14.4. The lowest BCUT2D eigenvalue weighted by Crippen LogP contribution is -2.48. The number of cyclic esters (lactones) is 1. The van der Waals surface area contributed by atoms with Gasteiger partial charge < -0.3 is 24.8 Å². The molecular formula is C32H40F2N2O7. The molecule has 0 unspecified atom stereocenters. The number of carbonyl (C=O) groups is 4. The van der Waals surface area contributed by atoms with E-state index in [-0.39, 0.29) is 37.9 Å². The van der Waals surface area contributed by atoms with Gasteiger partial charge in [-0.1, -0.05) is 30.3 Å². The van der Waals surface area contributed by atoms with Crippen molar-refractivity contribution in [3.63, 3.8) is 0 Å². The van der Waals surface area contributed by atoms with Gasteiger partial charge in [0, 0.05) is 6.54 Å². The van der Waals surface area contributed by atoms with Gasteiger partial charge in [-0.05, 0) is 82.6 Å². The lowest BCUT2D eigenvalue weighted by Gasteiger charge is -2.30. The maximum Gasteiger partial charge on any atom is 0.407 e. The van der Waals surface area contributed by atoms with E-state index in [1.807, 2.05) is 0 Å². The second-order valence-corrected chi connectivity index (χ2v) is 11.5. The van der Waals surface area contributed by atoms with Crippen molar-refractivity contribution in [1.82, 2.24) is 10.6 Å². The van der Waals surface area contributed by atoms with Crippen molar-refractivity contribution in [3.05, 3.63) is 59.7 Å². The molecule has 0 saturated carbocycles. The van der Waals surface area contributed by atoms with Crippen LogP contribution in [0, 0.1) is 23.5 Å². The molecule has 3 rings (SSSR count). The molecule has 234 valence electrons. The van der Waals surface area contributed by atoms with Crippen molar-refractivity contribution in [2.45, 2.75) is 70.9 Å². The molecule has 0 radical (unpaired) electrons. The molecule has 43 heavy (non-hydrogen) atoms. The molecule has 1 aliphatic rings. The van der Waals surface area contributed by atoms with E-state index in [9.17, 15) is 28.0 Å². The van der Waals surface area contributed by atoms with Crippen LogP contribution in [0.4, 0.5) is 13.6 Å². The Kier molecular flexibility index (Phi) is 12.0. The summed E-state index contributed by atoms with van der Waals surface area (Å²) in [4.78, 5) is 52.0. The molecule has 3 atom stereocenters. The Morgan fingerprint density at radius 2 is 1.63 bits per heavy atom. The fraction of sp³-hybridized carbons (Fsp3) is 0.500. The zero-order chi connectivity index (χ0) is 31.6. The SMILES string of the molecule is COC(=O)[C@@H]1CCCCNC(=O)OCCC[C@H](C(=O)OC(C)(C)C)[C@@H](Cc2ccc(-c3c(F)cccc3F)cc2)C(=O)N1. The molecule has 0 spiro atoms. The summed E-state index contributed by atoms with van der Waals surface area (Å²) in [6.45, 7) is 5.50. The Balaban J connectivity index is 1.98. The second-order valence-electron chi connectivity index (χ2n) is 11.5. The number of carbonyl (C=O) groups excluding carboxylic acids is 4. The van der Waals surface area contributed by atoms with Gasteiger partial charge in [0.15, 0.2) is 0 Å². The minimum Gasteiger partial charge on any atom is -0.467 e. The number of hydrogen-bond donors (Lipinski definition) is 2. The van der Waals surface area contributed by atoms with Crippen LogP contribution in [0.3, 0.4) is 0 Å². The number of rotatable bonds is 5. The van der Waals surface area contributed by atoms with E-state index >= 15 is 0 Å². The molecule has 2 amide bonds. The summed E-state index contributed by atoms with van der Waals surface area (Å²) in [7, 11) is 1.22. The Hall–Kier alpha value is -4.02. The number of nitrogens with one attached hydrogen (secondary N) is 2. The van der Waals surface area contributed by atoms with E-state index in [4.69, 9.17) is 14.2 Å². The molecule has 2 N–H and O–H groups in total.